The van der Waals surface area contributed by atoms with Crippen LogP contribution < -0.4 is 15.2 Å². The number of ether oxygens (including phenoxy) is 2. The predicted molar refractivity (Wildman–Crippen MR) is 210 cm³/mol. The molecule has 0 aliphatic heterocycles. The van der Waals surface area contributed by atoms with E-state index in [1.54, 1.807) is 0 Å². The van der Waals surface area contributed by atoms with Crippen molar-refractivity contribution in [1.82, 2.24) is 0 Å². The molecule has 32 heteroatoms. The number of sulfone groups is 2. The first-order valence-electron chi connectivity index (χ1n) is 15.9. The number of aryl methyl sites for hydroxylation is 1. The zero-order valence-electron chi connectivity index (χ0n) is 31.0. The topological polar surface area (TPSA) is 387 Å². The van der Waals surface area contributed by atoms with E-state index in [4.69, 9.17) is 34.5 Å². The molecule has 0 bridgehead atoms. The van der Waals surface area contributed by atoms with Crippen molar-refractivity contribution in [1.29, 1.82) is 0 Å². The predicted octanol–water partition coefficient (Wildman–Crippen LogP) is 5.33. The minimum absolute atomic E-state index is 0.0224. The number of fused-ring (bicyclic) bond motifs is 1. The van der Waals surface area contributed by atoms with Crippen molar-refractivity contribution in [3.8, 4) is 17.2 Å². The minimum atomic E-state index is -5.19. The third kappa shape index (κ3) is 12.6. The summed E-state index contributed by atoms with van der Waals surface area (Å²) in [6, 6.07) is 7.45. The van der Waals surface area contributed by atoms with Gasteiger partial charge in [0.25, 0.3) is 10.1 Å². The fourth-order valence-electron chi connectivity index (χ4n) is 5.09. The van der Waals surface area contributed by atoms with Gasteiger partial charge in [0.15, 0.2) is 37.7 Å². The van der Waals surface area contributed by atoms with Crippen LogP contribution in [0, 0.1) is 6.92 Å². The summed E-state index contributed by atoms with van der Waals surface area (Å²) >= 11 is 0.330. The van der Waals surface area contributed by atoms with Crippen LogP contribution in [0.15, 0.2) is 82.5 Å². The molecule has 0 saturated carbocycles. The van der Waals surface area contributed by atoms with Gasteiger partial charge in [0.1, 0.15) is 39.1 Å². The summed E-state index contributed by atoms with van der Waals surface area (Å²) in [5.41, 5.74) is 4.53. The Balaban J connectivity index is 1.86. The fourth-order valence-corrected chi connectivity index (χ4v) is 9.46. The lowest BCUT2D eigenvalue weighted by Crippen LogP contribution is -2.16. The third-order valence-electron chi connectivity index (χ3n) is 7.72. The van der Waals surface area contributed by atoms with Crippen molar-refractivity contribution < 1.29 is 95.0 Å². The van der Waals surface area contributed by atoms with Crippen molar-refractivity contribution in [2.24, 2.45) is 20.5 Å². The summed E-state index contributed by atoms with van der Waals surface area (Å²) < 4.78 is 146. The number of azo groups is 2. The van der Waals surface area contributed by atoms with Gasteiger partial charge in [-0.1, -0.05) is 10.1 Å². The first kappa shape index (κ1) is 49.3. The lowest BCUT2D eigenvalue weighted by molar-refractivity contribution is -0.434. The largest absolute Gasteiger partial charge is 0.505 e. The van der Waals surface area contributed by atoms with Gasteiger partial charge < -0.3 is 20.3 Å². The lowest BCUT2D eigenvalue weighted by Gasteiger charge is -2.15. The monoisotopic (exact) mass is 977 g/mol. The van der Waals surface area contributed by atoms with Gasteiger partial charge in [-0.3, -0.25) is 13.3 Å². The van der Waals surface area contributed by atoms with Crippen molar-refractivity contribution in [2.75, 3.05) is 44.7 Å². The van der Waals surface area contributed by atoms with Crippen LogP contribution in [0.5, 0.6) is 17.2 Å². The number of benzene rings is 4. The van der Waals surface area contributed by atoms with Crippen LogP contribution >= 0.6 is 24.4 Å². The Bertz CT molecular complexity index is 2790. The second-order valence-corrected chi connectivity index (χ2v) is 19.4. The molecule has 4 aromatic carbocycles. The van der Waals surface area contributed by atoms with E-state index in [2.05, 4.69) is 43.4 Å². The van der Waals surface area contributed by atoms with Crippen LogP contribution in [0.3, 0.4) is 0 Å². The van der Waals surface area contributed by atoms with Gasteiger partial charge in [0, 0.05) is 11.5 Å². The maximum absolute atomic E-state index is 13.0. The summed E-state index contributed by atoms with van der Waals surface area (Å²) in [5.74, 6) is -2.62. The number of methoxy groups -OCH3 is 2. The number of hydrogen-bond donors (Lipinski definition) is 6. The van der Waals surface area contributed by atoms with Crippen LogP contribution in [0.25, 0.3) is 10.8 Å². The summed E-state index contributed by atoms with van der Waals surface area (Å²) in [7, 11) is -16.0. The van der Waals surface area contributed by atoms with E-state index >= 15 is 0 Å². The van der Waals surface area contributed by atoms with Gasteiger partial charge in [-0.05, 0) is 48.9 Å². The van der Waals surface area contributed by atoms with E-state index in [1.807, 2.05) is 0 Å². The zero-order valence-corrected chi connectivity index (χ0v) is 35.9. The highest BCUT2D eigenvalue weighted by Crippen LogP contribution is 2.50. The van der Waals surface area contributed by atoms with E-state index in [-0.39, 0.29) is 67.5 Å². The maximum Gasteiger partial charge on any atom is 0.397 e. The Morgan fingerprint density at radius 3 is 1.97 bits per heavy atom. The van der Waals surface area contributed by atoms with Gasteiger partial charge in [0.2, 0.25) is 0 Å². The van der Waals surface area contributed by atoms with Crippen molar-refractivity contribution in [3.05, 3.63) is 48.0 Å². The Hall–Kier alpha value is -4.36. The Labute approximate surface area is 354 Å². The number of nitrogens with zero attached hydrogens (tertiary/aromatic N) is 4. The second-order valence-electron chi connectivity index (χ2n) is 11.4. The number of nitrogen functional groups attached to an aromatic ring is 1. The quantitative estimate of drug-likeness (QED) is 0.0110. The van der Waals surface area contributed by atoms with E-state index in [9.17, 15) is 43.3 Å². The minimum Gasteiger partial charge on any atom is -0.505 e. The van der Waals surface area contributed by atoms with E-state index in [0.717, 1.165) is 31.4 Å². The Morgan fingerprint density at radius 2 is 1.34 bits per heavy atom. The molecule has 0 radical (unpaired) electrons. The molecule has 0 spiro atoms. The summed E-state index contributed by atoms with van der Waals surface area (Å²) in [5, 5.41) is 50.6. The number of rotatable bonds is 22. The number of phenolic OH excluding ortho intramolecular Hbond substituents is 1. The standard InChI is InChI=1S/C29H31N5O21S6/c1-15-10-18(22(49-3)14-24(15)59(40,41)9-7-51-61(45,46)47)31-33-20-13-25(60(42,43)44)17-12-23(56-54-52-36)28(29(35)26(17)27(20)30)34-32-19-11-16(4-5-21(19)48-2)58(38,39)8-6-50-57-55-53-37/h4-5,10-14,35-37H,6-9,30H2,1-3H3,(H,42,43,44)(H,45,46,47). The molecule has 0 atom stereocenters. The molecule has 0 aliphatic carbocycles. The van der Waals surface area contributed by atoms with E-state index in [1.165, 1.54) is 32.2 Å². The summed E-state index contributed by atoms with van der Waals surface area (Å²) in [6.07, 6.45) is 0. The van der Waals surface area contributed by atoms with Crippen LogP contribution in [0.1, 0.15) is 5.56 Å². The van der Waals surface area contributed by atoms with Gasteiger partial charge in [0.05, 0.1) is 76.7 Å². The third-order valence-corrected chi connectivity index (χ3v) is 13.6. The number of phenols is 1. The first-order chi connectivity index (χ1) is 28.6. The number of nitrogens with two attached hydrogens (primary N) is 1. The van der Waals surface area contributed by atoms with Gasteiger partial charge >= 0.3 is 10.4 Å². The smallest absolute Gasteiger partial charge is 0.397 e. The molecule has 334 valence electrons. The molecular weight excluding hydrogens is 947 g/mol. The Kier molecular flexibility index (Phi) is 16.7. The highest BCUT2D eigenvalue weighted by atomic mass is 32.3. The molecule has 26 nitrogen and oxygen atoms in total. The second kappa shape index (κ2) is 20.7. The summed E-state index contributed by atoms with van der Waals surface area (Å²) in [4.78, 5) is -1.86. The van der Waals surface area contributed by atoms with Crippen LogP contribution in [0.4, 0.5) is 28.4 Å². The maximum atomic E-state index is 13.0. The van der Waals surface area contributed by atoms with Gasteiger partial charge in [-0.2, -0.15) is 16.8 Å². The molecule has 0 aliphatic rings. The average molecular weight is 978 g/mol. The van der Waals surface area contributed by atoms with E-state index < -0.39 is 103 Å². The Morgan fingerprint density at radius 1 is 0.721 bits per heavy atom. The molecule has 4 rings (SSSR count). The lowest BCUT2D eigenvalue weighted by atomic mass is 10.0. The first-order valence-corrected chi connectivity index (χ1v) is 23.4. The highest BCUT2D eigenvalue weighted by Gasteiger charge is 2.27. The molecule has 0 heterocycles. The fraction of sp³-hybridized carbons (Fsp3) is 0.241. The normalized spacial score (nSPS) is 12.8. The van der Waals surface area contributed by atoms with E-state index in [0.29, 0.717) is 0 Å². The molecule has 0 unspecified atom stereocenters. The van der Waals surface area contributed by atoms with Crippen molar-refractivity contribution in [2.45, 2.75) is 26.5 Å². The number of anilines is 1. The van der Waals surface area contributed by atoms with Crippen LogP contribution in [0.2, 0.25) is 0 Å². The van der Waals surface area contributed by atoms with Crippen molar-refractivity contribution in [3.63, 3.8) is 0 Å². The summed E-state index contributed by atoms with van der Waals surface area (Å²) in [6.45, 7) is 0.0118. The highest BCUT2D eigenvalue weighted by molar-refractivity contribution is 7.94. The molecule has 0 amide bonds. The van der Waals surface area contributed by atoms with Gasteiger partial charge in [-0.25, -0.2) is 31.5 Å². The SMILES string of the molecule is COc1cc(S(=O)(=O)CCOS(=O)(=O)O)c(C)cc1N=Nc1cc(S(=O)(=O)O)c2cc(SOOO)c(N=Nc3cc(S(=O)(=O)CCOSOOO)ccc3OC)c(O)c2c1N. The average Bonchev–Trinajstić information content (AvgIpc) is 3.17. The van der Waals surface area contributed by atoms with Crippen LogP contribution in [-0.2, 0) is 67.3 Å². The number of aromatic hydroxyl groups is 1. The molecule has 7 N–H and O–H groups in total. The molecule has 61 heavy (non-hydrogen) atoms. The van der Waals surface area contributed by atoms with Crippen molar-refractivity contribution >= 4 is 104 Å². The number of hydrogen-bond acceptors (Lipinski definition) is 26. The molecule has 0 aromatic heterocycles. The molecular formula is C29H31N5O21S6. The molecule has 0 fully saturated rings. The van der Waals surface area contributed by atoms with Gasteiger partial charge in [-0.15, -0.1) is 29.1 Å². The molecule has 0 saturated heterocycles. The zero-order chi connectivity index (χ0) is 45.3. The van der Waals surface area contributed by atoms with Crippen LogP contribution in [-0.4, -0.2) is 97.3 Å². The molecule has 4 aromatic rings.